The van der Waals surface area contributed by atoms with E-state index in [1.165, 1.54) is 9.47 Å². The van der Waals surface area contributed by atoms with Crippen molar-refractivity contribution in [3.05, 3.63) is 93.4 Å². The summed E-state index contributed by atoms with van der Waals surface area (Å²) in [6.07, 6.45) is -4.89. The van der Waals surface area contributed by atoms with Gasteiger partial charge in [-0.1, -0.05) is 67.6 Å². The van der Waals surface area contributed by atoms with Crippen LogP contribution in [0.4, 0.5) is 19.1 Å². The van der Waals surface area contributed by atoms with E-state index >= 15 is 0 Å². The number of nitrogens with zero attached hydrogens (tertiary/aromatic N) is 3. The van der Waals surface area contributed by atoms with E-state index in [1.807, 2.05) is 60.7 Å². The number of carbonyl (C=O) groups excluding carboxylic acids is 1. The number of fused-ring (bicyclic) bond motifs is 1. The molecule has 3 aromatic rings. The molecule has 34 heavy (non-hydrogen) atoms. The fraction of sp³-hybridized carbons (Fsp3) is 0.320. The minimum atomic E-state index is -4.44. The summed E-state index contributed by atoms with van der Waals surface area (Å²) in [5, 5.41) is 0. The molecule has 1 atom stereocenters. The van der Waals surface area contributed by atoms with Crippen LogP contribution >= 0.6 is 0 Å². The molecule has 1 aliphatic rings. The highest BCUT2D eigenvalue weighted by Gasteiger charge is 2.38. The van der Waals surface area contributed by atoms with Crippen molar-refractivity contribution < 1.29 is 18.0 Å². The molecule has 1 aromatic heterocycles. The molecular weight excluding hydrogens is 445 g/mol. The first-order chi connectivity index (χ1) is 16.2. The normalized spacial score (nSPS) is 14.7. The first-order valence-corrected chi connectivity index (χ1v) is 11.0. The summed E-state index contributed by atoms with van der Waals surface area (Å²) in [6.45, 7) is 1.09. The Morgan fingerprint density at radius 2 is 1.62 bits per heavy atom. The summed E-state index contributed by atoms with van der Waals surface area (Å²) < 4.78 is 40.1. The Kier molecular flexibility index (Phi) is 6.45. The van der Waals surface area contributed by atoms with Crippen molar-refractivity contribution in [1.29, 1.82) is 0 Å². The molecule has 1 unspecified atom stereocenters. The zero-order chi connectivity index (χ0) is 24.5. The quantitative estimate of drug-likeness (QED) is 0.613. The van der Waals surface area contributed by atoms with E-state index < -0.39 is 30.5 Å². The zero-order valence-electron chi connectivity index (χ0n) is 18.6. The summed E-state index contributed by atoms with van der Waals surface area (Å²) in [5.41, 5.74) is 8.45. The highest BCUT2D eigenvalue weighted by atomic mass is 19.4. The molecule has 0 fully saturated rings. The van der Waals surface area contributed by atoms with Gasteiger partial charge in [0.1, 0.15) is 0 Å². The van der Waals surface area contributed by atoms with Gasteiger partial charge in [-0.25, -0.2) is 4.98 Å². The summed E-state index contributed by atoms with van der Waals surface area (Å²) in [5.74, 6) is -2.38. The van der Waals surface area contributed by atoms with Crippen molar-refractivity contribution in [2.24, 2.45) is 5.92 Å². The van der Waals surface area contributed by atoms with Crippen molar-refractivity contribution in [3.8, 4) is 0 Å². The van der Waals surface area contributed by atoms with Crippen LogP contribution < -0.4 is 11.3 Å². The first kappa shape index (κ1) is 23.5. The summed E-state index contributed by atoms with van der Waals surface area (Å²) in [7, 11) is 0. The average molecular weight is 470 g/mol. The largest absolute Gasteiger partial charge is 0.392 e. The van der Waals surface area contributed by atoms with Gasteiger partial charge in [-0.15, -0.1) is 0 Å². The minimum Gasteiger partial charge on any atom is -0.369 e. The van der Waals surface area contributed by atoms with Crippen LogP contribution in [-0.4, -0.2) is 33.1 Å². The van der Waals surface area contributed by atoms with Crippen molar-refractivity contribution in [3.63, 3.8) is 0 Å². The molecule has 2 aromatic carbocycles. The van der Waals surface area contributed by atoms with Crippen LogP contribution in [0.15, 0.2) is 65.5 Å². The van der Waals surface area contributed by atoms with Gasteiger partial charge in [0.15, 0.2) is 0 Å². The average Bonchev–Trinajstić information content (AvgIpc) is 2.81. The van der Waals surface area contributed by atoms with Gasteiger partial charge >= 0.3 is 6.18 Å². The second kappa shape index (κ2) is 9.32. The van der Waals surface area contributed by atoms with Crippen molar-refractivity contribution in [1.82, 2.24) is 14.5 Å². The third-order valence-electron chi connectivity index (χ3n) is 6.18. The van der Waals surface area contributed by atoms with E-state index in [1.54, 1.807) is 0 Å². The number of nitrogen functional groups attached to an aromatic ring is 1. The third-order valence-corrected chi connectivity index (χ3v) is 6.18. The predicted molar refractivity (Wildman–Crippen MR) is 122 cm³/mol. The molecule has 0 spiro atoms. The summed E-state index contributed by atoms with van der Waals surface area (Å²) in [4.78, 5) is 31.8. The lowest BCUT2D eigenvalue weighted by atomic mass is 9.97. The van der Waals surface area contributed by atoms with E-state index in [4.69, 9.17) is 5.73 Å². The third kappa shape index (κ3) is 4.69. The second-order valence-corrected chi connectivity index (χ2v) is 8.51. The fourth-order valence-corrected chi connectivity index (χ4v) is 4.25. The van der Waals surface area contributed by atoms with Crippen LogP contribution in [0.2, 0.25) is 0 Å². The van der Waals surface area contributed by atoms with Gasteiger partial charge in [-0.3, -0.25) is 14.2 Å². The predicted octanol–water partition coefficient (Wildman–Crippen LogP) is 3.94. The van der Waals surface area contributed by atoms with Gasteiger partial charge in [0.25, 0.3) is 5.56 Å². The molecule has 2 N–H and O–H groups in total. The van der Waals surface area contributed by atoms with Gasteiger partial charge in [-0.2, -0.15) is 13.2 Å². The molecular formula is C25H25F3N4O2. The van der Waals surface area contributed by atoms with Crippen LogP contribution in [0.3, 0.4) is 0 Å². The van der Waals surface area contributed by atoms with Crippen LogP contribution in [0.25, 0.3) is 0 Å². The number of hydrogen-bond acceptors (Lipinski definition) is 4. The number of aromatic nitrogens is 2. The molecule has 2 heterocycles. The highest BCUT2D eigenvalue weighted by Crippen LogP contribution is 2.30. The van der Waals surface area contributed by atoms with Gasteiger partial charge in [0.2, 0.25) is 11.9 Å². The number of halogens is 3. The maximum absolute atomic E-state index is 13.6. The SMILES string of the molecule is CC(CC(=O)N1CCc2c(nc(N)n(C(c3ccccc3)c3ccccc3)c2=O)C1)C(F)(F)F. The topological polar surface area (TPSA) is 81.2 Å². The highest BCUT2D eigenvalue weighted by molar-refractivity contribution is 5.76. The maximum atomic E-state index is 13.6. The lowest BCUT2D eigenvalue weighted by Gasteiger charge is -2.31. The fourth-order valence-electron chi connectivity index (χ4n) is 4.25. The molecule has 0 saturated heterocycles. The van der Waals surface area contributed by atoms with E-state index in [9.17, 15) is 22.8 Å². The molecule has 6 nitrogen and oxygen atoms in total. The second-order valence-electron chi connectivity index (χ2n) is 8.51. The smallest absolute Gasteiger partial charge is 0.369 e. The lowest BCUT2D eigenvalue weighted by Crippen LogP contribution is -2.43. The van der Waals surface area contributed by atoms with Crippen molar-refractivity contribution >= 4 is 11.9 Å². The number of amides is 1. The van der Waals surface area contributed by atoms with Crippen LogP contribution in [0, 0.1) is 5.92 Å². The molecule has 0 aliphatic carbocycles. The van der Waals surface area contributed by atoms with Gasteiger partial charge in [0, 0.05) is 18.5 Å². The van der Waals surface area contributed by atoms with Crippen molar-refractivity contribution in [2.45, 2.75) is 38.5 Å². The first-order valence-electron chi connectivity index (χ1n) is 11.0. The van der Waals surface area contributed by atoms with Crippen LogP contribution in [0.5, 0.6) is 0 Å². The van der Waals surface area contributed by atoms with Crippen LogP contribution in [0.1, 0.15) is 41.8 Å². The molecule has 1 aliphatic heterocycles. The van der Waals surface area contributed by atoms with Gasteiger partial charge < -0.3 is 10.6 Å². The van der Waals surface area contributed by atoms with E-state index in [0.29, 0.717) is 11.3 Å². The Bertz CT molecular complexity index is 1190. The Labute approximate surface area is 194 Å². The summed E-state index contributed by atoms with van der Waals surface area (Å²) in [6, 6.07) is 18.4. The number of rotatable bonds is 5. The molecule has 178 valence electrons. The zero-order valence-corrected chi connectivity index (χ0v) is 18.6. The van der Waals surface area contributed by atoms with Gasteiger partial charge in [0.05, 0.1) is 24.2 Å². The monoisotopic (exact) mass is 470 g/mol. The Hall–Kier alpha value is -3.62. The number of benzene rings is 2. The van der Waals surface area contributed by atoms with E-state index in [0.717, 1.165) is 18.1 Å². The standard InChI is InChI=1S/C25H25F3N4O2/c1-16(25(26,27)28)14-21(33)31-13-12-19-20(15-31)30-24(29)32(23(19)34)22(17-8-4-2-5-9-17)18-10-6-3-7-11-18/h2-11,16,22H,12-15H2,1H3,(H2,29,30). The number of nitrogens with two attached hydrogens (primary N) is 1. The molecule has 9 heteroatoms. The molecule has 0 bridgehead atoms. The van der Waals surface area contributed by atoms with Gasteiger partial charge in [-0.05, 0) is 17.5 Å². The lowest BCUT2D eigenvalue weighted by molar-refractivity contribution is -0.176. The van der Waals surface area contributed by atoms with E-state index in [2.05, 4.69) is 4.98 Å². The Morgan fingerprint density at radius 1 is 1.06 bits per heavy atom. The number of carbonyl (C=O) groups is 1. The number of hydrogen-bond donors (Lipinski definition) is 1. The Morgan fingerprint density at radius 3 is 2.15 bits per heavy atom. The molecule has 4 rings (SSSR count). The van der Waals surface area contributed by atoms with E-state index in [-0.39, 0.29) is 31.0 Å². The summed E-state index contributed by atoms with van der Waals surface area (Å²) >= 11 is 0. The Balaban J connectivity index is 1.70. The molecule has 0 saturated carbocycles. The molecule has 1 amide bonds. The minimum absolute atomic E-state index is 0.0144. The number of alkyl halides is 3. The molecule has 0 radical (unpaired) electrons. The van der Waals surface area contributed by atoms with Crippen LogP contribution in [-0.2, 0) is 17.8 Å². The van der Waals surface area contributed by atoms with Crippen molar-refractivity contribution in [2.75, 3.05) is 12.3 Å². The number of anilines is 1. The maximum Gasteiger partial charge on any atom is 0.392 e.